The summed E-state index contributed by atoms with van der Waals surface area (Å²) in [5.74, 6) is 0.146. The van der Waals surface area contributed by atoms with E-state index < -0.39 is 0 Å². The average Bonchev–Trinajstić information content (AvgIpc) is 3.28. The molecule has 1 saturated heterocycles. The molecule has 3 rings (SSSR count). The van der Waals surface area contributed by atoms with Gasteiger partial charge in [-0.15, -0.1) is 36.2 Å². The van der Waals surface area contributed by atoms with Gasteiger partial charge in [0.2, 0.25) is 5.91 Å². The Morgan fingerprint density at radius 2 is 2.00 bits per heavy atom. The molecule has 1 unspecified atom stereocenters. The van der Waals surface area contributed by atoms with Gasteiger partial charge in [-0.3, -0.25) is 9.69 Å². The first kappa shape index (κ1) is 22.7. The van der Waals surface area contributed by atoms with Crippen molar-refractivity contribution in [3.05, 3.63) is 22.4 Å². The Balaban J connectivity index is 0.00000156. The Labute approximate surface area is 166 Å². The van der Waals surface area contributed by atoms with Gasteiger partial charge in [0.1, 0.15) is 0 Å². The minimum Gasteiger partial charge on any atom is -0.379 e. The maximum atomic E-state index is 12.7. The van der Waals surface area contributed by atoms with Gasteiger partial charge in [0.15, 0.2) is 0 Å². The molecule has 2 aliphatic rings. The number of carbonyl (C=O) groups excluding carboxylic acids is 1. The van der Waals surface area contributed by atoms with Crippen LogP contribution in [0, 0.1) is 5.41 Å². The molecule has 8 heteroatoms. The molecule has 0 aromatic carbocycles. The number of ether oxygens (including phenoxy) is 1. The molecular formula is C17H29Cl2N3O2S. The van der Waals surface area contributed by atoms with Crippen LogP contribution in [0.15, 0.2) is 17.5 Å². The fraction of sp³-hybridized carbons (Fsp3) is 0.706. The van der Waals surface area contributed by atoms with Gasteiger partial charge in [-0.1, -0.05) is 18.9 Å². The van der Waals surface area contributed by atoms with Crippen LogP contribution >= 0.6 is 36.2 Å². The molecular weight excluding hydrogens is 381 g/mol. The summed E-state index contributed by atoms with van der Waals surface area (Å²) in [5.41, 5.74) is 5.60. The number of morpholine rings is 1. The number of nitrogens with two attached hydrogens (primary N) is 1. The lowest BCUT2D eigenvalue weighted by Gasteiger charge is -2.35. The van der Waals surface area contributed by atoms with E-state index in [1.807, 2.05) is 0 Å². The van der Waals surface area contributed by atoms with Gasteiger partial charge < -0.3 is 15.8 Å². The highest BCUT2D eigenvalue weighted by atomic mass is 35.5. The van der Waals surface area contributed by atoms with Gasteiger partial charge in [0.25, 0.3) is 0 Å². The van der Waals surface area contributed by atoms with E-state index in [1.54, 1.807) is 11.3 Å². The van der Waals surface area contributed by atoms with Crippen LogP contribution in [-0.2, 0) is 9.53 Å². The van der Waals surface area contributed by atoms with Crippen LogP contribution < -0.4 is 11.1 Å². The molecule has 0 radical (unpaired) electrons. The van der Waals surface area contributed by atoms with E-state index in [0.29, 0.717) is 13.1 Å². The molecule has 25 heavy (non-hydrogen) atoms. The van der Waals surface area contributed by atoms with Crippen molar-refractivity contribution in [3.8, 4) is 0 Å². The molecule has 1 atom stereocenters. The Hall–Kier alpha value is -0.370. The maximum absolute atomic E-state index is 12.7. The summed E-state index contributed by atoms with van der Waals surface area (Å²) in [5, 5.41) is 5.31. The van der Waals surface area contributed by atoms with E-state index in [4.69, 9.17) is 10.5 Å². The highest BCUT2D eigenvalue weighted by Gasteiger charge is 2.40. The summed E-state index contributed by atoms with van der Waals surface area (Å²) in [7, 11) is 0. The SMILES string of the molecule is Cl.Cl.NCC1(C(=O)NCC(c2cccs2)N2CCOCC2)CCCC1. The molecule has 2 fully saturated rings. The van der Waals surface area contributed by atoms with Gasteiger partial charge in [0.05, 0.1) is 24.7 Å². The van der Waals surface area contributed by atoms with E-state index in [1.165, 1.54) is 4.88 Å². The Kier molecular flexibility index (Phi) is 9.70. The predicted molar refractivity (Wildman–Crippen MR) is 107 cm³/mol. The summed E-state index contributed by atoms with van der Waals surface area (Å²) in [4.78, 5) is 16.4. The number of nitrogens with one attached hydrogen (secondary N) is 1. The summed E-state index contributed by atoms with van der Waals surface area (Å²) in [6, 6.07) is 4.47. The van der Waals surface area contributed by atoms with E-state index in [0.717, 1.165) is 52.0 Å². The second-order valence-electron chi connectivity index (χ2n) is 6.58. The van der Waals surface area contributed by atoms with Crippen LogP contribution in [-0.4, -0.2) is 50.2 Å². The molecule has 2 heterocycles. The minimum absolute atomic E-state index is 0. The van der Waals surface area contributed by atoms with Crippen molar-refractivity contribution in [2.75, 3.05) is 39.4 Å². The number of hydrogen-bond donors (Lipinski definition) is 2. The molecule has 1 aromatic rings. The van der Waals surface area contributed by atoms with Gasteiger partial charge in [-0.25, -0.2) is 0 Å². The standard InChI is InChI=1S/C17H27N3O2S.2ClH/c18-13-17(5-1-2-6-17)16(21)19-12-14(15-4-3-11-23-15)20-7-9-22-10-8-20;;/h3-4,11,14H,1-2,5-10,12-13,18H2,(H,19,21);2*1H. The van der Waals surface area contributed by atoms with E-state index in [2.05, 4.69) is 27.7 Å². The van der Waals surface area contributed by atoms with Gasteiger partial charge in [-0.2, -0.15) is 0 Å². The van der Waals surface area contributed by atoms with Crippen LogP contribution in [0.1, 0.15) is 36.6 Å². The second kappa shape index (κ2) is 10.7. The lowest BCUT2D eigenvalue weighted by atomic mass is 9.85. The highest BCUT2D eigenvalue weighted by molar-refractivity contribution is 7.10. The number of thiophene rings is 1. The van der Waals surface area contributed by atoms with Crippen molar-refractivity contribution in [1.29, 1.82) is 0 Å². The van der Waals surface area contributed by atoms with Crippen molar-refractivity contribution in [3.63, 3.8) is 0 Å². The van der Waals surface area contributed by atoms with E-state index in [9.17, 15) is 4.79 Å². The van der Waals surface area contributed by atoms with Gasteiger partial charge >= 0.3 is 0 Å². The van der Waals surface area contributed by atoms with Gasteiger partial charge in [0, 0.05) is 31.1 Å². The average molecular weight is 410 g/mol. The number of hydrogen-bond acceptors (Lipinski definition) is 5. The fourth-order valence-electron chi connectivity index (χ4n) is 3.73. The molecule has 0 bridgehead atoms. The summed E-state index contributed by atoms with van der Waals surface area (Å²) in [6.45, 7) is 4.48. The van der Waals surface area contributed by atoms with E-state index >= 15 is 0 Å². The zero-order chi connectivity index (χ0) is 16.1. The first-order chi connectivity index (χ1) is 11.2. The number of amides is 1. The molecule has 1 aromatic heterocycles. The predicted octanol–water partition coefficient (Wildman–Crippen LogP) is 2.60. The minimum atomic E-state index is -0.328. The molecule has 3 N–H and O–H groups in total. The van der Waals surface area contributed by atoms with Crippen molar-refractivity contribution < 1.29 is 9.53 Å². The number of nitrogens with zero attached hydrogens (tertiary/aromatic N) is 1. The summed E-state index contributed by atoms with van der Waals surface area (Å²) in [6.07, 6.45) is 4.08. The quantitative estimate of drug-likeness (QED) is 0.757. The molecule has 1 aliphatic carbocycles. The van der Waals surface area contributed by atoms with Crippen molar-refractivity contribution in [1.82, 2.24) is 10.2 Å². The highest BCUT2D eigenvalue weighted by Crippen LogP contribution is 2.37. The van der Waals surface area contributed by atoms with Crippen LogP contribution in [0.2, 0.25) is 0 Å². The lowest BCUT2D eigenvalue weighted by molar-refractivity contribution is -0.130. The van der Waals surface area contributed by atoms with Crippen LogP contribution in [0.5, 0.6) is 0 Å². The molecule has 1 aliphatic heterocycles. The smallest absolute Gasteiger partial charge is 0.227 e. The molecule has 5 nitrogen and oxygen atoms in total. The van der Waals surface area contributed by atoms with Crippen molar-refractivity contribution in [2.24, 2.45) is 11.1 Å². The molecule has 144 valence electrons. The monoisotopic (exact) mass is 409 g/mol. The molecule has 1 amide bonds. The van der Waals surface area contributed by atoms with Gasteiger partial charge in [-0.05, 0) is 24.3 Å². The Bertz CT molecular complexity index is 504. The first-order valence-electron chi connectivity index (χ1n) is 8.59. The number of carbonyl (C=O) groups is 1. The third-order valence-corrected chi connectivity index (χ3v) is 6.22. The number of rotatable bonds is 6. The van der Waals surface area contributed by atoms with Crippen molar-refractivity contribution in [2.45, 2.75) is 31.7 Å². The molecule has 0 spiro atoms. The third-order valence-electron chi connectivity index (χ3n) is 5.25. The van der Waals surface area contributed by atoms with E-state index in [-0.39, 0.29) is 42.2 Å². The van der Waals surface area contributed by atoms with Crippen LogP contribution in [0.25, 0.3) is 0 Å². The van der Waals surface area contributed by atoms with Crippen molar-refractivity contribution >= 4 is 42.1 Å². The zero-order valence-electron chi connectivity index (χ0n) is 14.4. The maximum Gasteiger partial charge on any atom is 0.227 e. The van der Waals surface area contributed by atoms with Crippen LogP contribution in [0.3, 0.4) is 0 Å². The lowest BCUT2D eigenvalue weighted by Crippen LogP contribution is -2.48. The fourth-order valence-corrected chi connectivity index (χ4v) is 4.59. The number of halogens is 2. The molecule has 1 saturated carbocycles. The largest absolute Gasteiger partial charge is 0.379 e. The Morgan fingerprint density at radius 3 is 2.56 bits per heavy atom. The third kappa shape index (κ3) is 5.31. The normalized spacial score (nSPS) is 21.0. The zero-order valence-corrected chi connectivity index (χ0v) is 16.9. The Morgan fingerprint density at radius 1 is 1.32 bits per heavy atom. The second-order valence-corrected chi connectivity index (χ2v) is 7.56. The summed E-state index contributed by atoms with van der Waals surface area (Å²) >= 11 is 1.75. The summed E-state index contributed by atoms with van der Waals surface area (Å²) < 4.78 is 5.47. The first-order valence-corrected chi connectivity index (χ1v) is 9.47. The topological polar surface area (TPSA) is 67.6 Å². The van der Waals surface area contributed by atoms with Crippen LogP contribution in [0.4, 0.5) is 0 Å².